The van der Waals surface area contributed by atoms with E-state index in [4.69, 9.17) is 0 Å². The van der Waals surface area contributed by atoms with E-state index >= 15 is 0 Å². The first kappa shape index (κ1) is 10.8. The Labute approximate surface area is 84.6 Å². The molecule has 0 aliphatic rings. The zero-order chi connectivity index (χ0) is 10.7. The molecule has 0 saturated carbocycles. The number of carbonyl (C=O) groups excluding carboxylic acids is 1. The largest absolute Gasteiger partial charge is 0.507 e. The van der Waals surface area contributed by atoms with Gasteiger partial charge in [-0.2, -0.15) is 0 Å². The first-order valence-corrected chi connectivity index (χ1v) is 4.95. The molecule has 1 N–H and O–H groups in total. The van der Waals surface area contributed by atoms with Gasteiger partial charge in [-0.15, -0.1) is 0 Å². The lowest BCUT2D eigenvalue weighted by Crippen LogP contribution is -2.00. The van der Waals surface area contributed by atoms with Gasteiger partial charge in [0.15, 0.2) is 5.78 Å². The fourth-order valence-corrected chi connectivity index (χ4v) is 1.64. The van der Waals surface area contributed by atoms with Crippen LogP contribution in [0.25, 0.3) is 0 Å². The molecule has 0 amide bonds. The van der Waals surface area contributed by atoms with Crippen molar-refractivity contribution in [2.45, 2.75) is 33.6 Å². The maximum absolute atomic E-state index is 11.3. The molecule has 0 heterocycles. The summed E-state index contributed by atoms with van der Waals surface area (Å²) in [5, 5.41) is 9.68. The van der Waals surface area contributed by atoms with Crippen LogP contribution in [0.3, 0.4) is 0 Å². The molecule has 2 nitrogen and oxygen atoms in total. The molecule has 0 aliphatic carbocycles. The van der Waals surface area contributed by atoms with Gasteiger partial charge in [0.05, 0.1) is 5.56 Å². The number of rotatable bonds is 3. The van der Waals surface area contributed by atoms with E-state index in [2.05, 4.69) is 0 Å². The fraction of sp³-hybridized carbons (Fsp3) is 0.417. The summed E-state index contributed by atoms with van der Waals surface area (Å²) in [6.45, 7) is 5.50. The summed E-state index contributed by atoms with van der Waals surface area (Å²) in [5.41, 5.74) is 2.49. The summed E-state index contributed by atoms with van der Waals surface area (Å²) >= 11 is 0. The topological polar surface area (TPSA) is 37.3 Å². The number of phenolic OH excluding ortho intramolecular Hbond substituents is 1. The molecule has 1 aromatic rings. The van der Waals surface area contributed by atoms with Crippen LogP contribution in [0.5, 0.6) is 5.75 Å². The molecule has 0 fully saturated rings. The van der Waals surface area contributed by atoms with Crippen molar-refractivity contribution < 1.29 is 9.90 Å². The van der Waals surface area contributed by atoms with Gasteiger partial charge in [0.2, 0.25) is 0 Å². The average molecular weight is 192 g/mol. The summed E-state index contributed by atoms with van der Waals surface area (Å²) in [6, 6.07) is 3.67. The third-order valence-corrected chi connectivity index (χ3v) is 2.40. The van der Waals surface area contributed by atoms with Crippen LogP contribution in [0, 0.1) is 0 Å². The molecule has 0 saturated heterocycles. The standard InChI is InChI=1S/C12H16O2/c1-4-9-6-10(5-2)12(8(3)13)11(14)7-9/h6-7,14H,4-5H2,1-3H3. The van der Waals surface area contributed by atoms with E-state index in [1.165, 1.54) is 6.92 Å². The second kappa shape index (κ2) is 4.27. The second-order valence-corrected chi connectivity index (χ2v) is 3.41. The van der Waals surface area contributed by atoms with Crippen LogP contribution in [0.4, 0.5) is 0 Å². The Kier molecular flexibility index (Phi) is 3.28. The highest BCUT2D eigenvalue weighted by atomic mass is 16.3. The van der Waals surface area contributed by atoms with Crippen molar-refractivity contribution in [1.29, 1.82) is 0 Å². The smallest absolute Gasteiger partial charge is 0.163 e. The minimum Gasteiger partial charge on any atom is -0.507 e. The summed E-state index contributed by atoms with van der Waals surface area (Å²) in [5.74, 6) is 0.0516. The van der Waals surface area contributed by atoms with Gasteiger partial charge in [-0.05, 0) is 37.0 Å². The molecule has 14 heavy (non-hydrogen) atoms. The van der Waals surface area contributed by atoms with Gasteiger partial charge in [-0.25, -0.2) is 0 Å². The lowest BCUT2D eigenvalue weighted by atomic mass is 9.97. The lowest BCUT2D eigenvalue weighted by molar-refractivity contribution is 0.101. The third-order valence-electron chi connectivity index (χ3n) is 2.40. The Morgan fingerprint density at radius 3 is 2.36 bits per heavy atom. The van der Waals surface area contributed by atoms with Crippen LogP contribution in [0.15, 0.2) is 12.1 Å². The molecule has 0 aliphatic heterocycles. The predicted octanol–water partition coefficient (Wildman–Crippen LogP) is 2.72. The van der Waals surface area contributed by atoms with Crippen LogP contribution in [-0.4, -0.2) is 10.9 Å². The van der Waals surface area contributed by atoms with Crippen molar-refractivity contribution in [3.8, 4) is 5.75 Å². The van der Waals surface area contributed by atoms with Crippen molar-refractivity contribution >= 4 is 5.78 Å². The molecule has 0 atom stereocenters. The molecular formula is C12H16O2. The van der Waals surface area contributed by atoms with Crippen molar-refractivity contribution in [3.63, 3.8) is 0 Å². The van der Waals surface area contributed by atoms with Gasteiger partial charge >= 0.3 is 0 Å². The number of carbonyl (C=O) groups is 1. The molecule has 0 aromatic heterocycles. The van der Waals surface area contributed by atoms with Gasteiger partial charge in [0, 0.05) is 0 Å². The molecule has 0 bridgehead atoms. The molecule has 0 radical (unpaired) electrons. The van der Waals surface area contributed by atoms with Crippen molar-refractivity contribution in [1.82, 2.24) is 0 Å². The van der Waals surface area contributed by atoms with Gasteiger partial charge in [-0.3, -0.25) is 4.79 Å². The Morgan fingerprint density at radius 2 is 1.93 bits per heavy atom. The minimum atomic E-state index is -0.0676. The van der Waals surface area contributed by atoms with E-state index in [1.807, 2.05) is 19.9 Å². The van der Waals surface area contributed by atoms with E-state index in [-0.39, 0.29) is 11.5 Å². The third kappa shape index (κ3) is 1.95. The molecule has 2 heteroatoms. The number of aryl methyl sites for hydroxylation is 2. The molecule has 0 spiro atoms. The number of ketones is 1. The highest BCUT2D eigenvalue weighted by Gasteiger charge is 2.12. The monoisotopic (exact) mass is 192 g/mol. The van der Waals surface area contributed by atoms with Gasteiger partial charge < -0.3 is 5.11 Å². The summed E-state index contributed by atoms with van der Waals surface area (Å²) in [7, 11) is 0. The first-order chi connectivity index (χ1) is 6.60. The zero-order valence-corrected chi connectivity index (χ0v) is 8.92. The predicted molar refractivity (Wildman–Crippen MR) is 56.9 cm³/mol. The van der Waals surface area contributed by atoms with Crippen LogP contribution in [0.2, 0.25) is 0 Å². The highest BCUT2D eigenvalue weighted by Crippen LogP contribution is 2.25. The van der Waals surface area contributed by atoms with E-state index in [9.17, 15) is 9.90 Å². The average Bonchev–Trinajstić information content (AvgIpc) is 2.15. The number of aromatic hydroxyl groups is 1. The lowest BCUT2D eigenvalue weighted by Gasteiger charge is -2.09. The van der Waals surface area contributed by atoms with E-state index in [1.54, 1.807) is 6.07 Å². The summed E-state index contributed by atoms with van der Waals surface area (Å²) in [4.78, 5) is 11.3. The van der Waals surface area contributed by atoms with Gasteiger partial charge in [-0.1, -0.05) is 19.9 Å². The number of hydrogen-bond acceptors (Lipinski definition) is 2. The normalized spacial score (nSPS) is 10.2. The maximum atomic E-state index is 11.3. The molecule has 1 rings (SSSR count). The molecule has 1 aromatic carbocycles. The maximum Gasteiger partial charge on any atom is 0.163 e. The number of benzene rings is 1. The van der Waals surface area contributed by atoms with E-state index < -0.39 is 0 Å². The minimum absolute atomic E-state index is 0.0676. The zero-order valence-electron chi connectivity index (χ0n) is 8.92. The number of Topliss-reactive ketones (excluding diaryl/α,β-unsaturated/α-hetero) is 1. The summed E-state index contributed by atoms with van der Waals surface area (Å²) < 4.78 is 0. The molecule has 0 unspecified atom stereocenters. The van der Waals surface area contributed by atoms with Gasteiger partial charge in [0.1, 0.15) is 5.75 Å². The quantitative estimate of drug-likeness (QED) is 0.748. The SMILES string of the molecule is CCc1cc(O)c(C(C)=O)c(CC)c1. The van der Waals surface area contributed by atoms with Crippen LogP contribution < -0.4 is 0 Å². The van der Waals surface area contributed by atoms with E-state index in [0.717, 1.165) is 24.0 Å². The van der Waals surface area contributed by atoms with Crippen LogP contribution in [0.1, 0.15) is 42.3 Å². The van der Waals surface area contributed by atoms with E-state index in [0.29, 0.717) is 5.56 Å². The highest BCUT2D eigenvalue weighted by molar-refractivity contribution is 5.98. The Balaban J connectivity index is 3.34. The van der Waals surface area contributed by atoms with Crippen molar-refractivity contribution in [2.75, 3.05) is 0 Å². The second-order valence-electron chi connectivity index (χ2n) is 3.41. The number of phenols is 1. The van der Waals surface area contributed by atoms with Crippen LogP contribution >= 0.6 is 0 Å². The van der Waals surface area contributed by atoms with Crippen molar-refractivity contribution in [3.05, 3.63) is 28.8 Å². The molecule has 76 valence electrons. The Bertz CT molecular complexity index is 354. The first-order valence-electron chi connectivity index (χ1n) is 4.95. The summed E-state index contributed by atoms with van der Waals surface area (Å²) in [6.07, 6.45) is 1.65. The van der Waals surface area contributed by atoms with Gasteiger partial charge in [0.25, 0.3) is 0 Å². The Hall–Kier alpha value is -1.31. The molecular weight excluding hydrogens is 176 g/mol. The Morgan fingerprint density at radius 1 is 1.29 bits per heavy atom. The van der Waals surface area contributed by atoms with Crippen molar-refractivity contribution in [2.24, 2.45) is 0 Å². The van der Waals surface area contributed by atoms with Crippen LogP contribution in [-0.2, 0) is 12.8 Å². The fourth-order valence-electron chi connectivity index (χ4n) is 1.64. The number of hydrogen-bond donors (Lipinski definition) is 1.